The predicted molar refractivity (Wildman–Crippen MR) is 101 cm³/mol. The summed E-state index contributed by atoms with van der Waals surface area (Å²) in [6.45, 7) is 2.24. The van der Waals surface area contributed by atoms with E-state index in [4.69, 9.17) is 0 Å². The molecule has 1 aliphatic rings. The lowest BCUT2D eigenvalue weighted by Crippen LogP contribution is -2.38. The Balaban J connectivity index is 1.86. The first kappa shape index (κ1) is 19.9. The Hall–Kier alpha value is -1.40. The molecular formula is C19H30N2O3S. The first-order valence-electron chi connectivity index (χ1n) is 9.02. The molecule has 6 heteroatoms. The number of hydrogen-bond acceptors (Lipinski definition) is 4. The highest BCUT2D eigenvalue weighted by Crippen LogP contribution is 2.22. The molecule has 0 spiro atoms. The molecule has 1 heterocycles. The van der Waals surface area contributed by atoms with Crippen molar-refractivity contribution in [1.29, 1.82) is 0 Å². The van der Waals surface area contributed by atoms with Crippen LogP contribution in [0.3, 0.4) is 0 Å². The Kier molecular flexibility index (Phi) is 7.44. The minimum absolute atomic E-state index is 0.00604. The Bertz CT molecular complexity index is 644. The summed E-state index contributed by atoms with van der Waals surface area (Å²) in [6.07, 6.45) is 2.86. The average molecular weight is 367 g/mol. The van der Waals surface area contributed by atoms with E-state index >= 15 is 0 Å². The highest BCUT2D eigenvalue weighted by Gasteiger charge is 2.30. The molecule has 1 aliphatic heterocycles. The van der Waals surface area contributed by atoms with Crippen LogP contribution in [0.5, 0.6) is 0 Å². The summed E-state index contributed by atoms with van der Waals surface area (Å²) in [5.41, 5.74) is 1.28. The molecule has 1 fully saturated rings. The number of rotatable bonds is 9. The number of likely N-dealkylation sites (N-methyl/N-ethyl adjacent to an activating group) is 1. The summed E-state index contributed by atoms with van der Waals surface area (Å²) >= 11 is 0. The van der Waals surface area contributed by atoms with Crippen molar-refractivity contribution in [3.63, 3.8) is 0 Å². The minimum Gasteiger partial charge on any atom is -0.341 e. The van der Waals surface area contributed by atoms with Gasteiger partial charge >= 0.3 is 0 Å². The summed E-state index contributed by atoms with van der Waals surface area (Å²) in [7, 11) is 1.07. The van der Waals surface area contributed by atoms with Gasteiger partial charge in [-0.3, -0.25) is 4.79 Å². The van der Waals surface area contributed by atoms with E-state index in [1.807, 2.05) is 37.2 Å². The van der Waals surface area contributed by atoms with Crippen molar-refractivity contribution in [3.8, 4) is 0 Å². The fourth-order valence-electron chi connectivity index (χ4n) is 3.21. The molecule has 25 heavy (non-hydrogen) atoms. The molecule has 2 rings (SSSR count). The van der Waals surface area contributed by atoms with E-state index in [2.05, 4.69) is 17.0 Å². The maximum Gasteiger partial charge on any atom is 0.222 e. The molecular weight excluding hydrogens is 336 g/mol. The first-order chi connectivity index (χ1) is 11.9. The summed E-state index contributed by atoms with van der Waals surface area (Å²) in [5.74, 6) is 0.492. The van der Waals surface area contributed by atoms with Crippen LogP contribution in [0.4, 0.5) is 0 Å². The Labute approximate surface area is 151 Å². The summed E-state index contributed by atoms with van der Waals surface area (Å²) in [6, 6.07) is 10.3. The van der Waals surface area contributed by atoms with Gasteiger partial charge < -0.3 is 9.80 Å². The molecule has 0 N–H and O–H groups in total. The van der Waals surface area contributed by atoms with Crippen LogP contribution in [0.15, 0.2) is 30.3 Å². The highest BCUT2D eigenvalue weighted by atomic mass is 32.2. The van der Waals surface area contributed by atoms with Gasteiger partial charge in [-0.2, -0.15) is 0 Å². The third-order valence-electron chi connectivity index (χ3n) is 4.70. The van der Waals surface area contributed by atoms with Crippen molar-refractivity contribution >= 4 is 15.7 Å². The van der Waals surface area contributed by atoms with Crippen molar-refractivity contribution in [2.45, 2.75) is 25.7 Å². The molecule has 1 amide bonds. The lowest BCUT2D eigenvalue weighted by atomic mass is 10.0. The highest BCUT2D eigenvalue weighted by molar-refractivity contribution is 7.91. The van der Waals surface area contributed by atoms with E-state index in [1.165, 1.54) is 5.56 Å². The van der Waals surface area contributed by atoms with Gasteiger partial charge in [0, 0.05) is 26.1 Å². The molecule has 140 valence electrons. The van der Waals surface area contributed by atoms with Crippen LogP contribution in [0.25, 0.3) is 0 Å². The number of sulfone groups is 1. The fraction of sp³-hybridized carbons (Fsp3) is 0.632. The molecule has 1 atom stereocenters. The normalized spacial score (nSPS) is 19.2. The Morgan fingerprint density at radius 1 is 1.12 bits per heavy atom. The van der Waals surface area contributed by atoms with Gasteiger partial charge in [0.05, 0.1) is 11.5 Å². The van der Waals surface area contributed by atoms with Crippen LogP contribution in [-0.4, -0.2) is 69.4 Å². The molecule has 1 aromatic rings. The average Bonchev–Trinajstić information content (AvgIpc) is 2.90. The number of nitrogens with zero attached hydrogens (tertiary/aromatic N) is 2. The lowest BCUT2D eigenvalue weighted by molar-refractivity contribution is -0.132. The fourth-order valence-corrected chi connectivity index (χ4v) is 5.07. The van der Waals surface area contributed by atoms with Crippen molar-refractivity contribution < 1.29 is 13.2 Å². The van der Waals surface area contributed by atoms with Crippen molar-refractivity contribution in [2.24, 2.45) is 5.92 Å². The van der Waals surface area contributed by atoms with Gasteiger partial charge in [0.2, 0.25) is 5.91 Å². The van der Waals surface area contributed by atoms with Gasteiger partial charge in [0.25, 0.3) is 0 Å². The smallest absolute Gasteiger partial charge is 0.222 e. The van der Waals surface area contributed by atoms with E-state index in [0.29, 0.717) is 19.4 Å². The number of aryl methyl sites for hydroxylation is 1. The number of benzene rings is 1. The molecule has 0 bridgehead atoms. The van der Waals surface area contributed by atoms with E-state index in [1.54, 1.807) is 0 Å². The molecule has 5 nitrogen and oxygen atoms in total. The monoisotopic (exact) mass is 366 g/mol. The molecule has 1 saturated heterocycles. The molecule has 0 saturated carbocycles. The Morgan fingerprint density at radius 2 is 1.84 bits per heavy atom. The van der Waals surface area contributed by atoms with Crippen LogP contribution in [-0.2, 0) is 21.1 Å². The number of carbonyl (C=O) groups excluding carboxylic acids is 1. The molecule has 1 unspecified atom stereocenters. The third kappa shape index (κ3) is 7.16. The second-order valence-corrected chi connectivity index (χ2v) is 9.48. The topological polar surface area (TPSA) is 57.7 Å². The van der Waals surface area contributed by atoms with Crippen molar-refractivity contribution in [2.75, 3.05) is 45.2 Å². The maximum atomic E-state index is 12.7. The van der Waals surface area contributed by atoms with Gasteiger partial charge in [-0.05, 0) is 44.8 Å². The number of carbonyl (C=O) groups is 1. The van der Waals surface area contributed by atoms with Crippen LogP contribution >= 0.6 is 0 Å². The second kappa shape index (κ2) is 9.34. The zero-order valence-corrected chi connectivity index (χ0v) is 16.2. The number of amides is 1. The first-order valence-corrected chi connectivity index (χ1v) is 10.8. The maximum absolute atomic E-state index is 12.7. The SMILES string of the molecule is CN(C)CCN(CCCc1ccccc1)C(=O)CC1CCS(=O)(=O)C1. The van der Waals surface area contributed by atoms with Crippen molar-refractivity contribution in [3.05, 3.63) is 35.9 Å². The van der Waals surface area contributed by atoms with Crippen molar-refractivity contribution in [1.82, 2.24) is 9.80 Å². The zero-order valence-electron chi connectivity index (χ0n) is 15.4. The molecule has 1 aromatic carbocycles. The predicted octanol–water partition coefficient (Wildman–Crippen LogP) is 1.83. The summed E-state index contributed by atoms with van der Waals surface area (Å²) in [4.78, 5) is 16.7. The standard InChI is InChI=1S/C19H30N2O3S/c1-20(2)12-13-21(11-6-9-17-7-4-3-5-8-17)19(22)15-18-10-14-25(23,24)16-18/h3-5,7-8,18H,6,9-16H2,1-2H3. The van der Waals surface area contributed by atoms with E-state index in [9.17, 15) is 13.2 Å². The second-order valence-electron chi connectivity index (χ2n) is 7.25. The van der Waals surface area contributed by atoms with E-state index in [-0.39, 0.29) is 23.3 Å². The molecule has 0 aliphatic carbocycles. The zero-order chi connectivity index (χ0) is 18.3. The van der Waals surface area contributed by atoms with Gasteiger partial charge in [0.15, 0.2) is 9.84 Å². The quantitative estimate of drug-likeness (QED) is 0.669. The lowest BCUT2D eigenvalue weighted by Gasteiger charge is -2.25. The summed E-state index contributed by atoms with van der Waals surface area (Å²) in [5, 5.41) is 0. The minimum atomic E-state index is -2.92. The molecule has 0 radical (unpaired) electrons. The van der Waals surface area contributed by atoms with Gasteiger partial charge in [-0.25, -0.2) is 8.42 Å². The van der Waals surface area contributed by atoms with Gasteiger partial charge in [0.1, 0.15) is 0 Å². The van der Waals surface area contributed by atoms with Gasteiger partial charge in [-0.15, -0.1) is 0 Å². The van der Waals surface area contributed by atoms with Crippen LogP contribution in [0, 0.1) is 5.92 Å². The Morgan fingerprint density at radius 3 is 2.44 bits per heavy atom. The van der Waals surface area contributed by atoms with E-state index < -0.39 is 9.84 Å². The third-order valence-corrected chi connectivity index (χ3v) is 6.53. The van der Waals surface area contributed by atoms with Crippen LogP contribution in [0.1, 0.15) is 24.8 Å². The largest absolute Gasteiger partial charge is 0.341 e. The van der Waals surface area contributed by atoms with Crippen LogP contribution < -0.4 is 0 Å². The summed E-state index contributed by atoms with van der Waals surface area (Å²) < 4.78 is 23.2. The van der Waals surface area contributed by atoms with E-state index in [0.717, 1.165) is 25.9 Å². The van der Waals surface area contributed by atoms with Gasteiger partial charge in [-0.1, -0.05) is 30.3 Å². The van der Waals surface area contributed by atoms with Crippen LogP contribution in [0.2, 0.25) is 0 Å². The molecule has 0 aromatic heterocycles. The number of hydrogen-bond donors (Lipinski definition) is 0.